The van der Waals surface area contributed by atoms with E-state index < -0.39 is 0 Å². The molecule has 3 nitrogen and oxygen atoms in total. The van der Waals surface area contributed by atoms with Crippen LogP contribution in [-0.2, 0) is 4.79 Å². The molecule has 0 aliphatic rings. The van der Waals surface area contributed by atoms with Crippen molar-refractivity contribution in [2.45, 2.75) is 32.7 Å². The Morgan fingerprint density at radius 3 is 2.18 bits per heavy atom. The van der Waals surface area contributed by atoms with Crippen molar-refractivity contribution in [2.75, 3.05) is 6.54 Å². The van der Waals surface area contributed by atoms with E-state index in [2.05, 4.69) is 5.32 Å². The highest BCUT2D eigenvalue weighted by atomic mass is 35.5. The Balaban J connectivity index is 0. The van der Waals surface area contributed by atoms with Crippen molar-refractivity contribution in [3.8, 4) is 0 Å². The predicted octanol–water partition coefficient (Wildman–Crippen LogP) is 0.672. The molecule has 0 saturated carbocycles. The number of rotatable bonds is 2. The fraction of sp³-hybridized carbons (Fsp3) is 0.857. The van der Waals surface area contributed by atoms with Crippen LogP contribution in [0.15, 0.2) is 0 Å². The highest BCUT2D eigenvalue weighted by Gasteiger charge is 2.11. The molecular formula is C7H17ClN2O. The number of nitrogens with one attached hydrogen (secondary N) is 1. The van der Waals surface area contributed by atoms with Gasteiger partial charge in [-0.25, -0.2) is 0 Å². The summed E-state index contributed by atoms with van der Waals surface area (Å²) in [5.41, 5.74) is 5.05. The SMILES string of the molecule is CC(C)(C)NC(=O)CCN.Cl. The Hall–Kier alpha value is -0.280. The second kappa shape index (κ2) is 5.38. The zero-order valence-electron chi connectivity index (χ0n) is 7.31. The van der Waals surface area contributed by atoms with Crippen LogP contribution >= 0.6 is 12.4 Å². The maximum absolute atomic E-state index is 10.9. The molecule has 0 fully saturated rings. The lowest BCUT2D eigenvalue weighted by Gasteiger charge is -2.19. The molecule has 0 aliphatic heterocycles. The first-order chi connectivity index (χ1) is 4.45. The van der Waals surface area contributed by atoms with Gasteiger partial charge in [0.1, 0.15) is 0 Å². The van der Waals surface area contributed by atoms with Crippen molar-refractivity contribution in [1.82, 2.24) is 5.32 Å². The number of halogens is 1. The minimum atomic E-state index is -0.133. The molecule has 0 saturated heterocycles. The normalized spacial score (nSPS) is 10.2. The maximum atomic E-state index is 10.9. The summed E-state index contributed by atoms with van der Waals surface area (Å²) in [6, 6.07) is 0. The van der Waals surface area contributed by atoms with Crippen LogP contribution in [0.5, 0.6) is 0 Å². The predicted molar refractivity (Wildman–Crippen MR) is 48.8 cm³/mol. The molecule has 11 heavy (non-hydrogen) atoms. The number of carbonyl (C=O) groups excluding carboxylic acids is 1. The van der Waals surface area contributed by atoms with Crippen LogP contribution in [0.3, 0.4) is 0 Å². The number of hydrogen-bond donors (Lipinski definition) is 2. The van der Waals surface area contributed by atoms with E-state index in [9.17, 15) is 4.79 Å². The molecule has 0 bridgehead atoms. The zero-order chi connectivity index (χ0) is 8.20. The van der Waals surface area contributed by atoms with E-state index in [-0.39, 0.29) is 23.9 Å². The van der Waals surface area contributed by atoms with Gasteiger partial charge in [0.25, 0.3) is 0 Å². The molecule has 0 aromatic carbocycles. The molecule has 0 heterocycles. The van der Waals surface area contributed by atoms with Crippen LogP contribution in [0, 0.1) is 0 Å². The quantitative estimate of drug-likeness (QED) is 0.657. The van der Waals surface area contributed by atoms with Crippen LogP contribution in [0.1, 0.15) is 27.2 Å². The van der Waals surface area contributed by atoms with E-state index in [1.54, 1.807) is 0 Å². The first kappa shape index (κ1) is 13.3. The fourth-order valence-corrected chi connectivity index (χ4v) is 0.612. The monoisotopic (exact) mass is 180 g/mol. The molecule has 0 unspecified atom stereocenters. The van der Waals surface area contributed by atoms with Crippen LogP contribution in [0.2, 0.25) is 0 Å². The van der Waals surface area contributed by atoms with Gasteiger partial charge in [0.05, 0.1) is 0 Å². The standard InChI is InChI=1S/C7H16N2O.ClH/c1-7(2,3)9-6(10)4-5-8;/h4-5,8H2,1-3H3,(H,9,10);1H. The summed E-state index contributed by atoms with van der Waals surface area (Å²) in [5.74, 6) is 0.0231. The largest absolute Gasteiger partial charge is 0.351 e. The van der Waals surface area contributed by atoms with Gasteiger partial charge in [-0.05, 0) is 20.8 Å². The molecule has 0 rings (SSSR count). The third-order valence-electron chi connectivity index (χ3n) is 0.886. The van der Waals surface area contributed by atoms with Crippen molar-refractivity contribution >= 4 is 18.3 Å². The van der Waals surface area contributed by atoms with Gasteiger partial charge in [0.15, 0.2) is 0 Å². The van der Waals surface area contributed by atoms with Gasteiger partial charge in [-0.15, -0.1) is 12.4 Å². The molecule has 68 valence electrons. The van der Waals surface area contributed by atoms with Crippen molar-refractivity contribution < 1.29 is 4.79 Å². The zero-order valence-corrected chi connectivity index (χ0v) is 8.12. The third kappa shape index (κ3) is 9.72. The minimum absolute atomic E-state index is 0. The van der Waals surface area contributed by atoms with Crippen LogP contribution in [-0.4, -0.2) is 18.0 Å². The van der Waals surface area contributed by atoms with Crippen molar-refractivity contribution in [3.05, 3.63) is 0 Å². The third-order valence-corrected chi connectivity index (χ3v) is 0.886. The topological polar surface area (TPSA) is 55.1 Å². The highest BCUT2D eigenvalue weighted by molar-refractivity contribution is 5.85. The first-order valence-electron chi connectivity index (χ1n) is 3.47. The molecular weight excluding hydrogens is 164 g/mol. The van der Waals surface area contributed by atoms with Gasteiger partial charge in [-0.1, -0.05) is 0 Å². The fourth-order valence-electron chi connectivity index (χ4n) is 0.612. The number of hydrogen-bond acceptors (Lipinski definition) is 2. The van der Waals surface area contributed by atoms with Crippen LogP contribution in [0.4, 0.5) is 0 Å². The summed E-state index contributed by atoms with van der Waals surface area (Å²) < 4.78 is 0. The molecule has 4 heteroatoms. The maximum Gasteiger partial charge on any atom is 0.221 e. The number of carbonyl (C=O) groups is 1. The highest BCUT2D eigenvalue weighted by Crippen LogP contribution is 1.98. The van der Waals surface area contributed by atoms with Crippen LogP contribution < -0.4 is 11.1 Å². The Morgan fingerprint density at radius 1 is 1.45 bits per heavy atom. The summed E-state index contributed by atoms with van der Waals surface area (Å²) in [6.07, 6.45) is 0.414. The van der Waals surface area contributed by atoms with Gasteiger partial charge in [0, 0.05) is 18.5 Å². The second-order valence-corrected chi connectivity index (χ2v) is 3.34. The lowest BCUT2D eigenvalue weighted by atomic mass is 10.1. The van der Waals surface area contributed by atoms with E-state index in [1.807, 2.05) is 20.8 Å². The van der Waals surface area contributed by atoms with E-state index in [4.69, 9.17) is 5.73 Å². The first-order valence-corrected chi connectivity index (χ1v) is 3.47. The lowest BCUT2D eigenvalue weighted by molar-refractivity contribution is -0.122. The Kier molecular flexibility index (Phi) is 6.52. The summed E-state index contributed by atoms with van der Waals surface area (Å²) in [4.78, 5) is 10.9. The van der Waals surface area contributed by atoms with Crippen molar-refractivity contribution in [2.24, 2.45) is 5.73 Å². The summed E-state index contributed by atoms with van der Waals surface area (Å²) in [6.45, 7) is 6.26. The Morgan fingerprint density at radius 2 is 1.91 bits per heavy atom. The van der Waals surface area contributed by atoms with Gasteiger partial charge < -0.3 is 11.1 Å². The lowest BCUT2D eigenvalue weighted by Crippen LogP contribution is -2.41. The Labute approximate surface area is 74.1 Å². The average Bonchev–Trinajstić information content (AvgIpc) is 1.59. The van der Waals surface area contributed by atoms with Gasteiger partial charge in [0.2, 0.25) is 5.91 Å². The Bertz CT molecular complexity index is 120. The molecule has 0 spiro atoms. The van der Waals surface area contributed by atoms with Gasteiger partial charge in [-0.2, -0.15) is 0 Å². The van der Waals surface area contributed by atoms with Gasteiger partial charge in [-0.3, -0.25) is 4.79 Å². The number of amides is 1. The minimum Gasteiger partial charge on any atom is -0.351 e. The number of nitrogens with two attached hydrogens (primary N) is 1. The van der Waals surface area contributed by atoms with E-state index in [0.29, 0.717) is 13.0 Å². The molecule has 3 N–H and O–H groups in total. The molecule has 1 amide bonds. The smallest absolute Gasteiger partial charge is 0.221 e. The summed E-state index contributed by atoms with van der Waals surface area (Å²) >= 11 is 0. The molecule has 0 aliphatic carbocycles. The average molecular weight is 181 g/mol. The molecule has 0 aromatic heterocycles. The molecule has 0 atom stereocenters. The summed E-state index contributed by atoms with van der Waals surface area (Å²) in [5, 5.41) is 2.80. The molecule has 0 radical (unpaired) electrons. The van der Waals surface area contributed by atoms with Crippen molar-refractivity contribution in [3.63, 3.8) is 0 Å². The van der Waals surface area contributed by atoms with E-state index >= 15 is 0 Å². The summed E-state index contributed by atoms with van der Waals surface area (Å²) in [7, 11) is 0. The van der Waals surface area contributed by atoms with Crippen molar-refractivity contribution in [1.29, 1.82) is 0 Å². The van der Waals surface area contributed by atoms with E-state index in [1.165, 1.54) is 0 Å². The van der Waals surface area contributed by atoms with Crippen LogP contribution in [0.25, 0.3) is 0 Å². The molecule has 0 aromatic rings. The van der Waals surface area contributed by atoms with E-state index in [0.717, 1.165) is 0 Å². The van der Waals surface area contributed by atoms with Gasteiger partial charge >= 0.3 is 0 Å². The second-order valence-electron chi connectivity index (χ2n) is 3.34.